The molecule has 0 spiro atoms. The Labute approximate surface area is 133 Å². The number of carbonyl (C=O) groups is 1. The zero-order valence-corrected chi connectivity index (χ0v) is 13.8. The van der Waals surface area contributed by atoms with E-state index in [9.17, 15) is 4.79 Å². The first-order chi connectivity index (χ1) is 10.7. The van der Waals surface area contributed by atoms with E-state index in [1.807, 2.05) is 18.3 Å². The maximum Gasteiger partial charge on any atom is 0.224 e. The highest BCUT2D eigenvalue weighted by atomic mass is 16.1. The molecule has 22 heavy (non-hydrogen) atoms. The molecule has 0 saturated carbocycles. The van der Waals surface area contributed by atoms with Crippen molar-refractivity contribution >= 4 is 11.7 Å². The van der Waals surface area contributed by atoms with Crippen LogP contribution < -0.4 is 10.2 Å². The lowest BCUT2D eigenvalue weighted by Gasteiger charge is -2.22. The molecule has 1 N–H and O–H groups in total. The van der Waals surface area contributed by atoms with Crippen LogP contribution >= 0.6 is 0 Å². The largest absolute Gasteiger partial charge is 0.357 e. The molecule has 0 fully saturated rings. The highest BCUT2D eigenvalue weighted by Gasteiger charge is 2.12. The normalized spacial score (nSPS) is 14.4. The summed E-state index contributed by atoms with van der Waals surface area (Å²) < 4.78 is 0. The standard InChI is InChI=1S/C18H27N3O/c1-3-21(4-2)18-16(11-8-12-19-18)14-20-17(22)13-15-9-6-5-7-10-15/h8-9,11-12H,3-7,10,13-14H2,1-2H3,(H,20,22). The lowest BCUT2D eigenvalue weighted by atomic mass is 9.97. The summed E-state index contributed by atoms with van der Waals surface area (Å²) in [6.07, 6.45) is 9.26. The van der Waals surface area contributed by atoms with Crippen molar-refractivity contribution in [2.45, 2.75) is 52.5 Å². The molecule has 1 aromatic heterocycles. The van der Waals surface area contributed by atoms with Gasteiger partial charge in [0.05, 0.1) is 0 Å². The van der Waals surface area contributed by atoms with Gasteiger partial charge in [-0.3, -0.25) is 4.79 Å². The molecule has 1 aromatic rings. The molecule has 0 unspecified atom stereocenters. The summed E-state index contributed by atoms with van der Waals surface area (Å²) in [5, 5.41) is 3.04. The Morgan fingerprint density at radius 3 is 2.82 bits per heavy atom. The Kier molecular flexibility index (Phi) is 6.44. The van der Waals surface area contributed by atoms with Crippen LogP contribution in [0, 0.1) is 0 Å². The van der Waals surface area contributed by atoms with Crippen LogP contribution in [0.25, 0.3) is 0 Å². The van der Waals surface area contributed by atoms with E-state index >= 15 is 0 Å². The number of hydrogen-bond donors (Lipinski definition) is 1. The molecular weight excluding hydrogens is 274 g/mol. The van der Waals surface area contributed by atoms with Crippen molar-refractivity contribution in [3.8, 4) is 0 Å². The zero-order chi connectivity index (χ0) is 15.8. The zero-order valence-electron chi connectivity index (χ0n) is 13.8. The van der Waals surface area contributed by atoms with E-state index in [2.05, 4.69) is 35.1 Å². The monoisotopic (exact) mass is 301 g/mol. The number of nitrogens with one attached hydrogen (secondary N) is 1. The number of pyridine rings is 1. The Hall–Kier alpha value is -1.84. The lowest BCUT2D eigenvalue weighted by Crippen LogP contribution is -2.28. The van der Waals surface area contributed by atoms with E-state index in [4.69, 9.17) is 0 Å². The molecule has 1 amide bonds. The molecule has 120 valence electrons. The molecule has 0 bridgehead atoms. The number of anilines is 1. The summed E-state index contributed by atoms with van der Waals surface area (Å²) in [5.74, 6) is 1.09. The van der Waals surface area contributed by atoms with E-state index in [1.54, 1.807) is 0 Å². The van der Waals surface area contributed by atoms with Gasteiger partial charge in [-0.2, -0.15) is 0 Å². The molecule has 0 aromatic carbocycles. The number of aromatic nitrogens is 1. The maximum absolute atomic E-state index is 12.1. The van der Waals surface area contributed by atoms with Crippen molar-refractivity contribution in [2.24, 2.45) is 0 Å². The molecule has 0 aliphatic heterocycles. The number of nitrogens with zero attached hydrogens (tertiary/aromatic N) is 2. The Bertz CT molecular complexity index is 521. The van der Waals surface area contributed by atoms with Crippen molar-refractivity contribution in [1.82, 2.24) is 10.3 Å². The van der Waals surface area contributed by atoms with Crippen molar-refractivity contribution in [3.63, 3.8) is 0 Å². The third kappa shape index (κ3) is 4.58. The van der Waals surface area contributed by atoms with Crippen LogP contribution in [0.15, 0.2) is 30.0 Å². The van der Waals surface area contributed by atoms with Gasteiger partial charge in [0.1, 0.15) is 5.82 Å². The van der Waals surface area contributed by atoms with Gasteiger partial charge < -0.3 is 10.2 Å². The van der Waals surface area contributed by atoms with Crippen LogP contribution in [0.5, 0.6) is 0 Å². The van der Waals surface area contributed by atoms with Gasteiger partial charge in [-0.15, -0.1) is 0 Å². The van der Waals surface area contributed by atoms with E-state index in [0.717, 1.165) is 37.3 Å². The lowest BCUT2D eigenvalue weighted by molar-refractivity contribution is -0.120. The van der Waals surface area contributed by atoms with Gasteiger partial charge in [-0.05, 0) is 45.6 Å². The first-order valence-electron chi connectivity index (χ1n) is 8.38. The van der Waals surface area contributed by atoms with Crippen LogP contribution in [0.3, 0.4) is 0 Å². The first kappa shape index (κ1) is 16.5. The molecule has 0 atom stereocenters. The van der Waals surface area contributed by atoms with Gasteiger partial charge in [0.15, 0.2) is 0 Å². The fourth-order valence-corrected chi connectivity index (χ4v) is 2.90. The summed E-state index contributed by atoms with van der Waals surface area (Å²) in [4.78, 5) is 18.8. The summed E-state index contributed by atoms with van der Waals surface area (Å²) in [5.41, 5.74) is 2.37. The SMILES string of the molecule is CCN(CC)c1ncccc1CNC(=O)CC1=CCCCC1. The van der Waals surface area contributed by atoms with Crippen LogP contribution in [0.4, 0.5) is 5.82 Å². The first-order valence-corrected chi connectivity index (χ1v) is 8.38. The summed E-state index contributed by atoms with van der Waals surface area (Å²) in [6, 6.07) is 3.97. The third-order valence-corrected chi connectivity index (χ3v) is 4.18. The average molecular weight is 301 g/mol. The van der Waals surface area contributed by atoms with Crippen molar-refractivity contribution in [2.75, 3.05) is 18.0 Å². The summed E-state index contributed by atoms with van der Waals surface area (Å²) >= 11 is 0. The van der Waals surface area contributed by atoms with Crippen LogP contribution in [-0.4, -0.2) is 24.0 Å². The van der Waals surface area contributed by atoms with Crippen LogP contribution in [0.2, 0.25) is 0 Å². The predicted molar refractivity (Wildman–Crippen MR) is 90.8 cm³/mol. The fourth-order valence-electron chi connectivity index (χ4n) is 2.90. The van der Waals surface area contributed by atoms with E-state index < -0.39 is 0 Å². The molecular formula is C18H27N3O. The van der Waals surface area contributed by atoms with Gasteiger partial charge in [-0.1, -0.05) is 17.7 Å². The molecule has 4 heteroatoms. The molecule has 0 radical (unpaired) electrons. The van der Waals surface area contributed by atoms with E-state index in [0.29, 0.717) is 13.0 Å². The highest BCUT2D eigenvalue weighted by Crippen LogP contribution is 2.20. The van der Waals surface area contributed by atoms with Crippen molar-refractivity contribution < 1.29 is 4.79 Å². The third-order valence-electron chi connectivity index (χ3n) is 4.18. The Morgan fingerprint density at radius 1 is 1.32 bits per heavy atom. The summed E-state index contributed by atoms with van der Waals surface area (Å²) in [7, 11) is 0. The van der Waals surface area contributed by atoms with E-state index in [-0.39, 0.29) is 5.91 Å². The molecule has 4 nitrogen and oxygen atoms in total. The molecule has 0 saturated heterocycles. The van der Waals surface area contributed by atoms with Crippen LogP contribution in [0.1, 0.15) is 51.5 Å². The number of carbonyl (C=O) groups excluding carboxylic acids is 1. The van der Waals surface area contributed by atoms with E-state index in [1.165, 1.54) is 18.4 Å². The minimum absolute atomic E-state index is 0.113. The van der Waals surface area contributed by atoms with Crippen molar-refractivity contribution in [1.29, 1.82) is 0 Å². The maximum atomic E-state index is 12.1. The second-order valence-corrected chi connectivity index (χ2v) is 5.72. The molecule has 2 rings (SSSR count). The fraction of sp³-hybridized carbons (Fsp3) is 0.556. The Morgan fingerprint density at radius 2 is 2.14 bits per heavy atom. The summed E-state index contributed by atoms with van der Waals surface area (Å²) in [6.45, 7) is 6.63. The second kappa shape index (κ2) is 8.57. The number of rotatable bonds is 7. The minimum Gasteiger partial charge on any atom is -0.357 e. The second-order valence-electron chi connectivity index (χ2n) is 5.72. The average Bonchev–Trinajstić information content (AvgIpc) is 2.56. The molecule has 1 aliphatic rings. The molecule has 1 aliphatic carbocycles. The van der Waals surface area contributed by atoms with Gasteiger partial charge in [0.2, 0.25) is 5.91 Å². The van der Waals surface area contributed by atoms with Gasteiger partial charge in [0, 0.05) is 37.8 Å². The predicted octanol–water partition coefficient (Wildman–Crippen LogP) is 3.43. The van der Waals surface area contributed by atoms with Gasteiger partial charge in [0.25, 0.3) is 0 Å². The number of allylic oxidation sites excluding steroid dienone is 1. The minimum atomic E-state index is 0.113. The topological polar surface area (TPSA) is 45.2 Å². The highest BCUT2D eigenvalue weighted by molar-refractivity contribution is 5.78. The Balaban J connectivity index is 1.93. The van der Waals surface area contributed by atoms with Gasteiger partial charge >= 0.3 is 0 Å². The number of hydrogen-bond acceptors (Lipinski definition) is 3. The molecule has 1 heterocycles. The number of amides is 1. The van der Waals surface area contributed by atoms with Crippen molar-refractivity contribution in [3.05, 3.63) is 35.5 Å². The quantitative estimate of drug-likeness (QED) is 0.785. The smallest absolute Gasteiger partial charge is 0.224 e. The van der Waals surface area contributed by atoms with Gasteiger partial charge in [-0.25, -0.2) is 4.98 Å². The van der Waals surface area contributed by atoms with Crippen LogP contribution in [-0.2, 0) is 11.3 Å².